The molecule has 59 heavy (non-hydrogen) atoms. The van der Waals surface area contributed by atoms with Gasteiger partial charge < -0.3 is 43.2 Å². The summed E-state index contributed by atoms with van der Waals surface area (Å²) in [5.41, 5.74) is 0. The SMILES string of the molecule is CCCCCCCC/C=C\C/C=C\C/C=C\CCCC(=O)O[C@H](COC(=O)C/C=C\C[C@H]1[C@@H](/C=C/[C@H](O)CCCCC)[C@H](O)C[C@@H]1O)COP(=O)([O-])OCC[N+](C)(C)C. The Balaban J connectivity index is 2.59. The number of phosphoric acid groups is 1. The number of likely N-dealkylation sites (N-methyl/N-ethyl adjacent to an activating group) is 1. The maximum atomic E-state index is 12.7. The third-order valence-electron chi connectivity index (χ3n) is 10.1. The summed E-state index contributed by atoms with van der Waals surface area (Å²) >= 11 is 0. The number of quaternary nitrogens is 1. The van der Waals surface area contributed by atoms with Crippen LogP contribution in [0.5, 0.6) is 0 Å². The number of hydrogen-bond donors (Lipinski definition) is 3. The lowest BCUT2D eigenvalue weighted by molar-refractivity contribution is -0.870. The van der Waals surface area contributed by atoms with Crippen LogP contribution in [-0.4, -0.2) is 104 Å². The van der Waals surface area contributed by atoms with Gasteiger partial charge in [-0.15, -0.1) is 0 Å². The lowest BCUT2D eigenvalue weighted by atomic mass is 9.89. The molecule has 12 nitrogen and oxygen atoms in total. The van der Waals surface area contributed by atoms with Crippen LogP contribution in [-0.2, 0) is 32.7 Å². The van der Waals surface area contributed by atoms with Crippen LogP contribution in [0, 0.1) is 11.8 Å². The molecule has 0 aromatic carbocycles. The van der Waals surface area contributed by atoms with Crippen LogP contribution in [0.15, 0.2) is 60.8 Å². The largest absolute Gasteiger partial charge is 0.756 e. The van der Waals surface area contributed by atoms with Crippen molar-refractivity contribution in [2.45, 2.75) is 160 Å². The highest BCUT2D eigenvalue weighted by Crippen LogP contribution is 2.38. The van der Waals surface area contributed by atoms with Gasteiger partial charge in [0.15, 0.2) is 6.10 Å². The predicted molar refractivity (Wildman–Crippen MR) is 233 cm³/mol. The van der Waals surface area contributed by atoms with Crippen molar-refractivity contribution in [1.82, 2.24) is 0 Å². The summed E-state index contributed by atoms with van der Waals surface area (Å²) in [6, 6.07) is 0. The average Bonchev–Trinajstić information content (AvgIpc) is 3.44. The maximum Gasteiger partial charge on any atom is 0.309 e. The first-order chi connectivity index (χ1) is 28.2. The average molecular weight is 854 g/mol. The number of carbonyl (C=O) groups excluding carboxylic acids is 2. The van der Waals surface area contributed by atoms with Crippen LogP contribution < -0.4 is 4.89 Å². The van der Waals surface area contributed by atoms with Crippen LogP contribution in [0.4, 0.5) is 0 Å². The molecule has 7 atom stereocenters. The van der Waals surface area contributed by atoms with Crippen molar-refractivity contribution in [3.8, 4) is 0 Å². The van der Waals surface area contributed by atoms with Crippen molar-refractivity contribution < 1.29 is 57.4 Å². The molecule has 0 saturated heterocycles. The molecule has 340 valence electrons. The Morgan fingerprint density at radius 1 is 0.780 bits per heavy atom. The first-order valence-electron chi connectivity index (χ1n) is 22.3. The maximum absolute atomic E-state index is 12.7. The second-order valence-corrected chi connectivity index (χ2v) is 18.1. The van der Waals surface area contributed by atoms with Gasteiger partial charge in [0.1, 0.15) is 19.8 Å². The fourth-order valence-corrected chi connectivity index (χ4v) is 7.25. The van der Waals surface area contributed by atoms with E-state index in [1.807, 2.05) is 33.3 Å². The highest BCUT2D eigenvalue weighted by atomic mass is 31.2. The molecule has 0 aromatic heterocycles. The van der Waals surface area contributed by atoms with Crippen LogP contribution in [0.2, 0.25) is 0 Å². The Morgan fingerprint density at radius 3 is 2.08 bits per heavy atom. The van der Waals surface area contributed by atoms with E-state index in [1.165, 1.54) is 38.5 Å². The molecule has 0 spiro atoms. The number of allylic oxidation sites excluding steroid dienone is 7. The number of aliphatic hydroxyl groups is 3. The molecular weight excluding hydrogens is 773 g/mol. The summed E-state index contributed by atoms with van der Waals surface area (Å²) in [4.78, 5) is 37.8. The summed E-state index contributed by atoms with van der Waals surface area (Å²) in [7, 11) is 0.955. The minimum Gasteiger partial charge on any atom is -0.756 e. The first-order valence-corrected chi connectivity index (χ1v) is 23.7. The minimum atomic E-state index is -4.72. The molecule has 0 radical (unpaired) electrons. The Bertz CT molecular complexity index is 1310. The number of hydrogen-bond acceptors (Lipinski definition) is 11. The van der Waals surface area contributed by atoms with E-state index in [0.29, 0.717) is 36.7 Å². The monoisotopic (exact) mass is 854 g/mol. The minimum absolute atomic E-state index is 0.0848. The molecule has 0 amide bonds. The molecule has 0 heterocycles. The number of carbonyl (C=O) groups is 2. The van der Waals surface area contributed by atoms with Gasteiger partial charge in [-0.1, -0.05) is 126 Å². The smallest absolute Gasteiger partial charge is 0.309 e. The Morgan fingerprint density at radius 2 is 1.41 bits per heavy atom. The second kappa shape index (κ2) is 33.2. The van der Waals surface area contributed by atoms with Gasteiger partial charge in [-0.2, -0.15) is 0 Å². The number of phosphoric ester groups is 1. The van der Waals surface area contributed by atoms with Crippen molar-refractivity contribution in [2.75, 3.05) is 47.5 Å². The van der Waals surface area contributed by atoms with E-state index in [1.54, 1.807) is 24.3 Å². The number of ether oxygens (including phenoxy) is 2. The van der Waals surface area contributed by atoms with Crippen LogP contribution in [0.25, 0.3) is 0 Å². The van der Waals surface area contributed by atoms with Crippen molar-refractivity contribution >= 4 is 19.8 Å². The fraction of sp³-hybridized carbons (Fsp3) is 0.739. The van der Waals surface area contributed by atoms with Gasteiger partial charge in [-0.25, -0.2) is 0 Å². The summed E-state index contributed by atoms with van der Waals surface area (Å²) in [6.45, 7) is 3.66. The van der Waals surface area contributed by atoms with Crippen LogP contribution in [0.3, 0.4) is 0 Å². The lowest BCUT2D eigenvalue weighted by Crippen LogP contribution is -2.37. The van der Waals surface area contributed by atoms with Crippen LogP contribution in [0.1, 0.15) is 136 Å². The molecule has 0 aromatic rings. The molecule has 1 aliphatic carbocycles. The van der Waals surface area contributed by atoms with Gasteiger partial charge in [-0.3, -0.25) is 14.2 Å². The Kier molecular flexibility index (Phi) is 30.8. The topological polar surface area (TPSA) is 172 Å². The molecule has 13 heteroatoms. The highest BCUT2D eigenvalue weighted by Gasteiger charge is 2.39. The molecule has 0 aliphatic heterocycles. The van der Waals surface area contributed by atoms with E-state index in [-0.39, 0.29) is 37.7 Å². The lowest BCUT2D eigenvalue weighted by Gasteiger charge is -2.28. The molecule has 3 N–H and O–H groups in total. The number of aliphatic hydroxyl groups excluding tert-OH is 3. The van der Waals surface area contributed by atoms with Gasteiger partial charge in [-0.05, 0) is 57.3 Å². The van der Waals surface area contributed by atoms with Crippen LogP contribution >= 0.6 is 7.82 Å². The molecular formula is C46H80NO11P. The predicted octanol–water partition coefficient (Wildman–Crippen LogP) is 8.21. The summed E-state index contributed by atoms with van der Waals surface area (Å²) in [5.74, 6) is -1.82. The van der Waals surface area contributed by atoms with E-state index >= 15 is 0 Å². The van der Waals surface area contributed by atoms with E-state index in [4.69, 9.17) is 18.5 Å². The van der Waals surface area contributed by atoms with Gasteiger partial charge in [0.2, 0.25) is 0 Å². The summed E-state index contributed by atoms with van der Waals surface area (Å²) < 4.78 is 33.7. The quantitative estimate of drug-likeness (QED) is 0.0185. The zero-order valence-corrected chi connectivity index (χ0v) is 37.9. The van der Waals surface area contributed by atoms with Gasteiger partial charge in [0, 0.05) is 18.8 Å². The third kappa shape index (κ3) is 30.3. The van der Waals surface area contributed by atoms with E-state index in [9.17, 15) is 34.4 Å². The second-order valence-electron chi connectivity index (χ2n) is 16.7. The zero-order valence-electron chi connectivity index (χ0n) is 37.0. The van der Waals surface area contributed by atoms with Crippen molar-refractivity contribution in [3.63, 3.8) is 0 Å². The normalized spacial score (nSPS) is 21.0. The molecule has 1 saturated carbocycles. The summed E-state index contributed by atoms with van der Waals surface area (Å²) in [5, 5.41) is 31.4. The fourth-order valence-electron chi connectivity index (χ4n) is 6.52. The van der Waals surface area contributed by atoms with Crippen molar-refractivity contribution in [3.05, 3.63) is 60.8 Å². The standard InChI is InChI=1S/C46H80NO11P/c1-6-8-10-11-12-13-14-15-16-17-18-19-20-21-22-23-25-31-46(52)58-40(38-57-59(53,54)56-35-34-47(3,4)5)37-55-45(51)30-27-26-29-41-42(44(50)36-43(41)49)33-32-39(48)28-24-9-7-2/h15-16,18-19,21-22,26-27,32-33,39-44,48-50H,6-14,17,20,23-25,28-31,34-38H2,1-5H3/b16-15-,19-18-,22-21-,27-26-,33-32+/t39-,40-,41+,42-,43+,44-/m1/s1. The van der Waals surface area contributed by atoms with E-state index in [0.717, 1.165) is 38.5 Å². The third-order valence-corrected chi connectivity index (χ3v) is 11.1. The van der Waals surface area contributed by atoms with Gasteiger partial charge in [0.25, 0.3) is 7.82 Å². The molecule has 0 bridgehead atoms. The number of nitrogens with zero attached hydrogens (tertiary/aromatic N) is 1. The highest BCUT2D eigenvalue weighted by molar-refractivity contribution is 7.45. The summed E-state index contributed by atoms with van der Waals surface area (Å²) in [6.07, 6.45) is 32.5. The number of rotatable bonds is 35. The number of esters is 2. The van der Waals surface area contributed by atoms with Crippen molar-refractivity contribution in [2.24, 2.45) is 11.8 Å². The Hall–Kier alpha value is -2.41. The molecule has 1 unspecified atom stereocenters. The zero-order chi connectivity index (χ0) is 43.8. The van der Waals surface area contributed by atoms with E-state index in [2.05, 4.69) is 38.2 Å². The first kappa shape index (κ1) is 54.6. The molecule has 1 rings (SSSR count). The Labute approximate surface area is 356 Å². The molecule has 1 fully saturated rings. The van der Waals surface area contributed by atoms with Gasteiger partial charge in [0.05, 0.1) is 52.5 Å². The van der Waals surface area contributed by atoms with E-state index < -0.39 is 57.4 Å². The van der Waals surface area contributed by atoms with Crippen molar-refractivity contribution in [1.29, 1.82) is 0 Å². The molecule has 1 aliphatic rings. The van der Waals surface area contributed by atoms with Gasteiger partial charge >= 0.3 is 11.9 Å². The number of unbranched alkanes of at least 4 members (excludes halogenated alkanes) is 9.